The fourth-order valence-corrected chi connectivity index (χ4v) is 26.2. The molecule has 15 aromatic rings. The number of pyridine rings is 1. The molecule has 0 aliphatic carbocycles. The van der Waals surface area contributed by atoms with E-state index in [1.807, 2.05) is 28.9 Å². The lowest BCUT2D eigenvalue weighted by molar-refractivity contribution is 1.18. The lowest BCUT2D eigenvalue weighted by Crippen LogP contribution is -2.75. The van der Waals surface area contributed by atoms with Crippen molar-refractivity contribution in [2.75, 3.05) is 0 Å². The molecular formula is C71H48N2S2Si2. The van der Waals surface area contributed by atoms with Crippen LogP contribution in [0.15, 0.2) is 291 Å². The first-order chi connectivity index (χ1) is 38.2. The molecule has 0 aliphatic heterocycles. The van der Waals surface area contributed by atoms with Crippen molar-refractivity contribution in [3.8, 4) is 16.9 Å². The van der Waals surface area contributed by atoms with Gasteiger partial charge in [0.1, 0.15) is 0 Å². The van der Waals surface area contributed by atoms with Crippen LogP contribution in [0.1, 0.15) is 0 Å². The molecule has 0 spiro atoms. The monoisotopic (exact) mass is 1050 g/mol. The quantitative estimate of drug-likeness (QED) is 0.0986. The van der Waals surface area contributed by atoms with Gasteiger partial charge in [0.05, 0.1) is 21.4 Å². The predicted octanol–water partition coefficient (Wildman–Crippen LogP) is 13.3. The number of aromatic nitrogens is 2. The van der Waals surface area contributed by atoms with Gasteiger partial charge in [0.2, 0.25) is 0 Å². The van der Waals surface area contributed by atoms with Crippen LogP contribution < -0.4 is 41.5 Å². The van der Waals surface area contributed by atoms with Crippen LogP contribution in [0.2, 0.25) is 0 Å². The van der Waals surface area contributed by atoms with Gasteiger partial charge in [-0.3, -0.25) is 4.98 Å². The van der Waals surface area contributed by atoms with E-state index in [1.54, 1.807) is 0 Å². The van der Waals surface area contributed by atoms with E-state index in [1.165, 1.54) is 104 Å². The van der Waals surface area contributed by atoms with Crippen LogP contribution in [0.3, 0.4) is 0 Å². The third kappa shape index (κ3) is 7.00. The molecule has 0 amide bonds. The summed E-state index contributed by atoms with van der Waals surface area (Å²) in [5, 5.41) is 18.5. The van der Waals surface area contributed by atoms with Crippen LogP contribution in [-0.4, -0.2) is 25.7 Å². The second-order valence-electron chi connectivity index (χ2n) is 20.1. The fraction of sp³-hybridized carbons (Fsp3) is 0. The molecule has 2 nitrogen and oxygen atoms in total. The summed E-state index contributed by atoms with van der Waals surface area (Å²) in [5.74, 6) is 0. The highest BCUT2D eigenvalue weighted by atomic mass is 32.1. The molecule has 0 saturated carbocycles. The Balaban J connectivity index is 1.02. The van der Waals surface area contributed by atoms with Gasteiger partial charge in [0.25, 0.3) is 0 Å². The summed E-state index contributed by atoms with van der Waals surface area (Å²) in [6.45, 7) is 0. The third-order valence-corrected chi connectivity index (χ3v) is 28.6. The van der Waals surface area contributed by atoms with Gasteiger partial charge in [0.15, 0.2) is 16.1 Å². The topological polar surface area (TPSA) is 17.8 Å². The third-order valence-electron chi connectivity index (χ3n) is 16.1. The Morgan fingerprint density at radius 1 is 0.299 bits per heavy atom. The summed E-state index contributed by atoms with van der Waals surface area (Å²) in [6.07, 6.45) is 1.99. The number of benzene rings is 11. The summed E-state index contributed by atoms with van der Waals surface area (Å²) in [4.78, 5) is 5.18. The van der Waals surface area contributed by atoms with E-state index in [2.05, 4.69) is 290 Å². The van der Waals surface area contributed by atoms with Crippen LogP contribution in [0.5, 0.6) is 0 Å². The van der Waals surface area contributed by atoms with E-state index in [0.29, 0.717) is 0 Å². The van der Waals surface area contributed by atoms with E-state index < -0.39 is 16.1 Å². The average Bonchev–Trinajstić information content (AvgIpc) is 4.33. The van der Waals surface area contributed by atoms with E-state index in [-0.39, 0.29) is 0 Å². The van der Waals surface area contributed by atoms with Crippen LogP contribution >= 0.6 is 22.7 Å². The molecule has 0 N–H and O–H groups in total. The number of nitrogens with zero attached hydrogens (tertiary/aromatic N) is 2. The minimum absolute atomic E-state index is 1.03. The standard InChI is InChI=1S/C71H48N2S2Si2/c1-5-25-51(26-6-1)76(52-27-7-2-8-28-52,55-33-19-23-49(47-55)68-71-62(45-46-72-68)59-37-15-18-42-65(59)74-71)66-43-21-38-60-61-39-22-44-67(70(61)75-69(60)66)77(53-29-9-3-10-30-53,54-31-11-4-12-32-54)56-34-20-24-50(48-56)73-63-40-16-13-35-57(63)58-36-14-17-41-64(58)73/h1-48H. The van der Waals surface area contributed by atoms with Crippen LogP contribution in [0.4, 0.5) is 0 Å². The van der Waals surface area contributed by atoms with Crippen molar-refractivity contribution in [2.24, 2.45) is 0 Å². The molecule has 0 fully saturated rings. The first kappa shape index (κ1) is 45.6. The molecule has 0 bridgehead atoms. The van der Waals surface area contributed by atoms with Gasteiger partial charge < -0.3 is 4.57 Å². The zero-order chi connectivity index (χ0) is 50.9. The molecule has 362 valence electrons. The molecule has 4 aromatic heterocycles. The molecule has 77 heavy (non-hydrogen) atoms. The minimum atomic E-state index is -3.14. The van der Waals surface area contributed by atoms with E-state index >= 15 is 0 Å². The van der Waals surface area contributed by atoms with Gasteiger partial charge in [-0.2, -0.15) is 0 Å². The Hall–Kier alpha value is -8.76. The largest absolute Gasteiger partial charge is 0.309 e. The maximum absolute atomic E-state index is 5.18. The van der Waals surface area contributed by atoms with E-state index in [4.69, 9.17) is 4.98 Å². The Labute approximate surface area is 457 Å². The maximum atomic E-state index is 5.18. The zero-order valence-electron chi connectivity index (χ0n) is 41.9. The van der Waals surface area contributed by atoms with Crippen LogP contribution in [0.25, 0.3) is 79.1 Å². The SMILES string of the molecule is c1ccc([Si](c2ccccc2)(c2cccc(-c3nccc4c3sc3ccccc34)c2)c2cccc3c2sc2c([Si](c4ccccc4)(c4ccccc4)c4cccc(-n5c6ccccc6c6ccccc65)c4)cccc23)cc1. The Kier molecular flexibility index (Phi) is 11.0. The van der Waals surface area contributed by atoms with Crippen molar-refractivity contribution < 1.29 is 0 Å². The second-order valence-corrected chi connectivity index (χ2v) is 29.7. The Bertz CT molecular complexity index is 4570. The van der Waals surface area contributed by atoms with Gasteiger partial charge >= 0.3 is 0 Å². The highest BCUT2D eigenvalue weighted by molar-refractivity contribution is 7.33. The Morgan fingerprint density at radius 2 is 0.714 bits per heavy atom. The molecule has 0 atom stereocenters. The predicted molar refractivity (Wildman–Crippen MR) is 337 cm³/mol. The molecule has 0 aliphatic rings. The number of thiophene rings is 2. The van der Waals surface area contributed by atoms with Crippen molar-refractivity contribution in [1.29, 1.82) is 0 Å². The summed E-state index contributed by atoms with van der Waals surface area (Å²) in [6, 6.07) is 108. The van der Waals surface area contributed by atoms with Crippen molar-refractivity contribution in [3.05, 3.63) is 291 Å². The lowest BCUT2D eigenvalue weighted by atomic mass is 10.1. The van der Waals surface area contributed by atoms with E-state index in [0.717, 1.165) is 16.9 Å². The summed E-state index contributed by atoms with van der Waals surface area (Å²) in [7, 11) is -6.27. The highest BCUT2D eigenvalue weighted by Gasteiger charge is 2.46. The number of fused-ring (bicyclic) bond motifs is 9. The fourth-order valence-electron chi connectivity index (χ4n) is 12.9. The molecule has 0 unspecified atom stereocenters. The smallest absolute Gasteiger partial charge is 0.181 e. The lowest BCUT2D eigenvalue weighted by Gasteiger charge is -2.35. The molecule has 15 rings (SSSR count). The first-order valence-corrected chi connectivity index (χ1v) is 32.0. The van der Waals surface area contributed by atoms with Gasteiger partial charge in [-0.25, -0.2) is 0 Å². The van der Waals surface area contributed by atoms with Crippen molar-refractivity contribution >= 4 is 142 Å². The molecule has 6 heteroatoms. The molecule has 0 radical (unpaired) electrons. The van der Waals surface area contributed by atoms with Crippen molar-refractivity contribution in [1.82, 2.24) is 9.55 Å². The summed E-state index contributed by atoms with van der Waals surface area (Å²) < 4.78 is 7.66. The second kappa shape index (κ2) is 18.5. The normalized spacial score (nSPS) is 12.2. The average molecular weight is 1050 g/mol. The summed E-state index contributed by atoms with van der Waals surface area (Å²) in [5.41, 5.74) is 5.75. The van der Waals surface area contributed by atoms with Crippen LogP contribution in [0, 0.1) is 0 Å². The Morgan fingerprint density at radius 3 is 1.26 bits per heavy atom. The van der Waals surface area contributed by atoms with Gasteiger partial charge in [-0.15, -0.1) is 22.7 Å². The summed E-state index contributed by atoms with van der Waals surface area (Å²) >= 11 is 3.84. The van der Waals surface area contributed by atoms with Gasteiger partial charge in [0, 0.05) is 63.9 Å². The number of rotatable bonds is 10. The van der Waals surface area contributed by atoms with Gasteiger partial charge in [-0.05, 0) is 77.9 Å². The van der Waals surface area contributed by atoms with Gasteiger partial charge in [-0.1, -0.05) is 249 Å². The molecule has 0 saturated heterocycles. The number of hydrogen-bond acceptors (Lipinski definition) is 3. The zero-order valence-corrected chi connectivity index (χ0v) is 45.6. The van der Waals surface area contributed by atoms with Crippen molar-refractivity contribution in [3.63, 3.8) is 0 Å². The van der Waals surface area contributed by atoms with Crippen LogP contribution in [-0.2, 0) is 0 Å². The minimum Gasteiger partial charge on any atom is -0.309 e. The van der Waals surface area contributed by atoms with E-state index in [9.17, 15) is 0 Å². The van der Waals surface area contributed by atoms with Crippen molar-refractivity contribution in [2.45, 2.75) is 0 Å². The molecule has 11 aromatic carbocycles. The first-order valence-electron chi connectivity index (χ1n) is 26.3. The highest BCUT2D eigenvalue weighted by Crippen LogP contribution is 2.40. The number of hydrogen-bond donors (Lipinski definition) is 0. The molecular weight excluding hydrogens is 1000 g/mol. The molecule has 4 heterocycles. The number of para-hydroxylation sites is 2. The maximum Gasteiger partial charge on any atom is 0.181 e.